The van der Waals surface area contributed by atoms with E-state index in [1.165, 1.54) is 12.8 Å². The van der Waals surface area contributed by atoms with E-state index >= 15 is 0 Å². The number of aliphatic hydroxyl groups is 1. The number of carbonyl (C=O) groups excluding carboxylic acids is 1. The van der Waals surface area contributed by atoms with Crippen LogP contribution in [0.25, 0.3) is 0 Å². The van der Waals surface area contributed by atoms with Gasteiger partial charge in [-0.1, -0.05) is 6.92 Å². The molecule has 1 fully saturated rings. The van der Waals surface area contributed by atoms with Gasteiger partial charge in [-0.25, -0.2) is 0 Å². The summed E-state index contributed by atoms with van der Waals surface area (Å²) < 4.78 is 0. The summed E-state index contributed by atoms with van der Waals surface area (Å²) in [5.74, 6) is 1.75. The lowest BCUT2D eigenvalue weighted by molar-refractivity contribution is -0.132. The van der Waals surface area contributed by atoms with Gasteiger partial charge in [0.1, 0.15) is 0 Å². The summed E-state index contributed by atoms with van der Waals surface area (Å²) in [5.41, 5.74) is 0. The number of carbonyl (C=O) groups is 1. The maximum Gasteiger partial charge on any atom is 0.232 e. The SMILES string of the molecule is CCC1CCCCN1C(=O)CSCCCO. The normalized spacial score (nSPS) is 21.1. The first-order valence-corrected chi connectivity index (χ1v) is 7.43. The Labute approximate surface area is 103 Å². The minimum Gasteiger partial charge on any atom is -0.396 e. The Morgan fingerprint density at radius 1 is 1.50 bits per heavy atom. The molecule has 0 aromatic rings. The molecule has 3 nitrogen and oxygen atoms in total. The maximum atomic E-state index is 12.0. The minimum atomic E-state index is 0.225. The number of thioether (sulfide) groups is 1. The highest BCUT2D eigenvalue weighted by Crippen LogP contribution is 2.20. The molecule has 1 aliphatic heterocycles. The van der Waals surface area contributed by atoms with Gasteiger partial charge in [0.15, 0.2) is 0 Å². The van der Waals surface area contributed by atoms with Crippen molar-refractivity contribution in [3.8, 4) is 0 Å². The smallest absolute Gasteiger partial charge is 0.232 e. The number of nitrogens with zero attached hydrogens (tertiary/aromatic N) is 1. The van der Waals surface area contributed by atoms with Crippen molar-refractivity contribution >= 4 is 17.7 Å². The van der Waals surface area contributed by atoms with E-state index in [4.69, 9.17) is 5.11 Å². The molecule has 0 aromatic heterocycles. The van der Waals surface area contributed by atoms with Crippen LogP contribution in [-0.2, 0) is 4.79 Å². The Kier molecular flexibility index (Phi) is 6.88. The molecule has 0 spiro atoms. The van der Waals surface area contributed by atoms with E-state index in [9.17, 15) is 4.79 Å². The van der Waals surface area contributed by atoms with Gasteiger partial charge in [-0.05, 0) is 37.9 Å². The molecule has 4 heteroatoms. The fourth-order valence-electron chi connectivity index (χ4n) is 2.16. The summed E-state index contributed by atoms with van der Waals surface area (Å²) >= 11 is 1.64. The minimum absolute atomic E-state index is 0.225. The molecular weight excluding hydrogens is 222 g/mol. The van der Waals surface area contributed by atoms with Crippen molar-refractivity contribution in [2.45, 2.75) is 45.1 Å². The van der Waals surface area contributed by atoms with Gasteiger partial charge in [-0.15, -0.1) is 0 Å². The third-order valence-electron chi connectivity index (χ3n) is 3.09. The Morgan fingerprint density at radius 2 is 2.31 bits per heavy atom. The summed E-state index contributed by atoms with van der Waals surface area (Å²) in [6, 6.07) is 0.472. The van der Waals surface area contributed by atoms with Crippen LogP contribution in [0, 0.1) is 0 Å². The van der Waals surface area contributed by atoms with Crippen molar-refractivity contribution in [2.75, 3.05) is 24.7 Å². The number of aliphatic hydroxyl groups excluding tert-OH is 1. The van der Waals surface area contributed by atoms with Crippen LogP contribution in [0.15, 0.2) is 0 Å². The van der Waals surface area contributed by atoms with Crippen molar-refractivity contribution in [2.24, 2.45) is 0 Å². The second-order valence-corrected chi connectivity index (χ2v) is 5.38. The fraction of sp³-hybridized carbons (Fsp3) is 0.917. The fourth-order valence-corrected chi connectivity index (χ4v) is 2.98. The van der Waals surface area contributed by atoms with Gasteiger partial charge in [0.2, 0.25) is 5.91 Å². The quantitative estimate of drug-likeness (QED) is 0.727. The van der Waals surface area contributed by atoms with Crippen LogP contribution >= 0.6 is 11.8 Å². The van der Waals surface area contributed by atoms with Crippen molar-refractivity contribution < 1.29 is 9.90 Å². The van der Waals surface area contributed by atoms with Crippen LogP contribution in [0.2, 0.25) is 0 Å². The molecule has 1 aliphatic rings. The van der Waals surface area contributed by atoms with E-state index < -0.39 is 0 Å². The Morgan fingerprint density at radius 3 is 3.00 bits per heavy atom. The van der Waals surface area contributed by atoms with E-state index in [-0.39, 0.29) is 12.5 Å². The van der Waals surface area contributed by atoms with Crippen LogP contribution < -0.4 is 0 Å². The van der Waals surface area contributed by atoms with E-state index in [2.05, 4.69) is 11.8 Å². The molecule has 0 saturated carbocycles. The standard InChI is InChI=1S/C12H23NO2S/c1-2-11-6-3-4-7-13(11)12(15)10-16-9-5-8-14/h11,14H,2-10H2,1H3. The van der Waals surface area contributed by atoms with Gasteiger partial charge in [0.25, 0.3) is 0 Å². The molecular formula is C12H23NO2S. The lowest BCUT2D eigenvalue weighted by atomic mass is 10.0. The van der Waals surface area contributed by atoms with Crippen molar-refractivity contribution in [3.05, 3.63) is 0 Å². The predicted molar refractivity (Wildman–Crippen MR) is 68.7 cm³/mol. The van der Waals surface area contributed by atoms with E-state index in [0.29, 0.717) is 11.8 Å². The summed E-state index contributed by atoms with van der Waals surface area (Å²) in [7, 11) is 0. The third kappa shape index (κ3) is 4.34. The Balaban J connectivity index is 2.27. The number of amides is 1. The van der Waals surface area contributed by atoms with Gasteiger partial charge < -0.3 is 10.0 Å². The molecule has 1 atom stereocenters. The zero-order valence-corrected chi connectivity index (χ0v) is 11.0. The highest BCUT2D eigenvalue weighted by molar-refractivity contribution is 7.99. The van der Waals surface area contributed by atoms with Crippen molar-refractivity contribution in [1.82, 2.24) is 4.90 Å². The zero-order valence-electron chi connectivity index (χ0n) is 10.2. The second-order valence-electron chi connectivity index (χ2n) is 4.27. The molecule has 0 bridgehead atoms. The highest BCUT2D eigenvalue weighted by atomic mass is 32.2. The number of rotatable bonds is 6. The van der Waals surface area contributed by atoms with Gasteiger partial charge in [-0.2, -0.15) is 11.8 Å². The summed E-state index contributed by atoms with van der Waals surface area (Å²) in [6.45, 7) is 3.33. The average Bonchev–Trinajstić information content (AvgIpc) is 2.34. The molecule has 94 valence electrons. The largest absolute Gasteiger partial charge is 0.396 e. The van der Waals surface area contributed by atoms with Crippen molar-refractivity contribution in [3.63, 3.8) is 0 Å². The Hall–Kier alpha value is -0.220. The zero-order chi connectivity index (χ0) is 11.8. The number of likely N-dealkylation sites (tertiary alicyclic amines) is 1. The topological polar surface area (TPSA) is 40.5 Å². The van der Waals surface area contributed by atoms with E-state index in [1.807, 2.05) is 0 Å². The van der Waals surface area contributed by atoms with Crippen molar-refractivity contribution in [1.29, 1.82) is 0 Å². The first-order chi connectivity index (χ1) is 7.79. The maximum absolute atomic E-state index is 12.0. The first-order valence-electron chi connectivity index (χ1n) is 6.27. The molecule has 1 heterocycles. The van der Waals surface area contributed by atoms with Crippen LogP contribution in [0.3, 0.4) is 0 Å². The number of hydrogen-bond donors (Lipinski definition) is 1. The van der Waals surface area contributed by atoms with Crippen LogP contribution in [0.1, 0.15) is 39.0 Å². The van der Waals surface area contributed by atoms with Crippen LogP contribution in [0.5, 0.6) is 0 Å². The number of piperidine rings is 1. The lowest BCUT2D eigenvalue weighted by Gasteiger charge is -2.35. The van der Waals surface area contributed by atoms with Crippen LogP contribution in [0.4, 0.5) is 0 Å². The number of hydrogen-bond acceptors (Lipinski definition) is 3. The van der Waals surface area contributed by atoms with Crippen LogP contribution in [-0.4, -0.2) is 46.6 Å². The molecule has 1 saturated heterocycles. The first kappa shape index (κ1) is 13.8. The van der Waals surface area contributed by atoms with E-state index in [0.717, 1.165) is 31.6 Å². The molecule has 0 aromatic carbocycles. The second kappa shape index (κ2) is 7.96. The van der Waals surface area contributed by atoms with Gasteiger partial charge in [0.05, 0.1) is 5.75 Å². The molecule has 1 rings (SSSR count). The molecule has 1 unspecified atom stereocenters. The molecule has 1 amide bonds. The Bertz CT molecular complexity index is 211. The summed E-state index contributed by atoms with van der Waals surface area (Å²) in [4.78, 5) is 14.0. The summed E-state index contributed by atoms with van der Waals surface area (Å²) in [5, 5.41) is 8.65. The average molecular weight is 245 g/mol. The molecule has 0 aliphatic carbocycles. The third-order valence-corrected chi connectivity index (χ3v) is 4.12. The summed E-state index contributed by atoms with van der Waals surface area (Å²) in [6.07, 6.45) is 5.45. The van der Waals surface area contributed by atoms with Gasteiger partial charge >= 0.3 is 0 Å². The molecule has 0 radical (unpaired) electrons. The lowest BCUT2D eigenvalue weighted by Crippen LogP contribution is -2.44. The van der Waals surface area contributed by atoms with Gasteiger partial charge in [0, 0.05) is 19.2 Å². The predicted octanol–water partition coefficient (Wildman–Crippen LogP) is 1.89. The van der Waals surface area contributed by atoms with E-state index in [1.54, 1.807) is 11.8 Å². The molecule has 1 N–H and O–H groups in total. The highest BCUT2D eigenvalue weighted by Gasteiger charge is 2.24. The van der Waals surface area contributed by atoms with Gasteiger partial charge in [-0.3, -0.25) is 4.79 Å². The molecule has 16 heavy (non-hydrogen) atoms. The monoisotopic (exact) mass is 245 g/mol.